The summed E-state index contributed by atoms with van der Waals surface area (Å²) >= 11 is 0. The number of halogens is 2. The molecule has 1 aromatic carbocycles. The summed E-state index contributed by atoms with van der Waals surface area (Å²) in [6, 6.07) is 5.44. The van der Waals surface area contributed by atoms with Crippen molar-refractivity contribution in [2.45, 2.75) is 6.92 Å². The highest BCUT2D eigenvalue weighted by Crippen LogP contribution is 2.21. The summed E-state index contributed by atoms with van der Waals surface area (Å²) in [4.78, 5) is 7.74. The molecule has 0 radical (unpaired) electrons. The monoisotopic (exact) mass is 236 g/mol. The Bertz CT molecular complexity index is 537. The minimum Gasteiger partial charge on any atom is -0.368 e. The van der Waals surface area contributed by atoms with E-state index in [1.165, 1.54) is 12.1 Å². The first-order valence-electron chi connectivity index (χ1n) is 4.88. The predicted molar refractivity (Wildman–Crippen MR) is 60.8 cm³/mol. The van der Waals surface area contributed by atoms with Crippen LogP contribution >= 0.6 is 0 Å². The van der Waals surface area contributed by atoms with Gasteiger partial charge in [0.2, 0.25) is 5.95 Å². The molecule has 1 heterocycles. The van der Waals surface area contributed by atoms with Gasteiger partial charge < -0.3 is 11.1 Å². The number of nitrogen functional groups attached to an aromatic ring is 1. The minimum absolute atomic E-state index is 0.00231. The summed E-state index contributed by atoms with van der Waals surface area (Å²) in [6.45, 7) is 1.73. The zero-order chi connectivity index (χ0) is 12.4. The van der Waals surface area contributed by atoms with Gasteiger partial charge in [0.25, 0.3) is 0 Å². The van der Waals surface area contributed by atoms with Gasteiger partial charge in [-0.15, -0.1) is 0 Å². The van der Waals surface area contributed by atoms with Crippen LogP contribution in [0, 0.1) is 18.6 Å². The normalized spacial score (nSPS) is 10.3. The second-order valence-electron chi connectivity index (χ2n) is 3.48. The summed E-state index contributed by atoms with van der Waals surface area (Å²) in [5.41, 5.74) is 6.09. The molecule has 2 aromatic rings. The van der Waals surface area contributed by atoms with Gasteiger partial charge >= 0.3 is 0 Å². The van der Waals surface area contributed by atoms with Crippen LogP contribution in [0.1, 0.15) is 5.69 Å². The fourth-order valence-corrected chi connectivity index (χ4v) is 1.39. The van der Waals surface area contributed by atoms with E-state index in [2.05, 4.69) is 15.3 Å². The fourth-order valence-electron chi connectivity index (χ4n) is 1.39. The van der Waals surface area contributed by atoms with E-state index in [0.29, 0.717) is 11.5 Å². The first kappa shape index (κ1) is 11.3. The highest BCUT2D eigenvalue weighted by Gasteiger charge is 2.08. The van der Waals surface area contributed by atoms with Crippen molar-refractivity contribution in [3.8, 4) is 0 Å². The molecule has 0 aliphatic heterocycles. The van der Waals surface area contributed by atoms with E-state index >= 15 is 0 Å². The summed E-state index contributed by atoms with van der Waals surface area (Å²) in [5.74, 6) is -1.49. The van der Waals surface area contributed by atoms with Crippen LogP contribution in [0.15, 0.2) is 24.3 Å². The lowest BCUT2D eigenvalue weighted by molar-refractivity contribution is 0.511. The Morgan fingerprint density at radius 2 is 2.00 bits per heavy atom. The van der Waals surface area contributed by atoms with Gasteiger partial charge in [0.15, 0.2) is 11.6 Å². The molecule has 6 heteroatoms. The molecule has 4 nitrogen and oxygen atoms in total. The van der Waals surface area contributed by atoms with Crippen LogP contribution in [0.5, 0.6) is 0 Å². The number of nitrogens with one attached hydrogen (secondary N) is 1. The molecular weight excluding hydrogens is 226 g/mol. The number of hydrogen-bond acceptors (Lipinski definition) is 4. The highest BCUT2D eigenvalue weighted by molar-refractivity contribution is 5.57. The average molecular weight is 236 g/mol. The Morgan fingerprint density at radius 1 is 1.24 bits per heavy atom. The molecule has 0 aliphatic rings. The average Bonchev–Trinajstić information content (AvgIpc) is 2.23. The van der Waals surface area contributed by atoms with Crippen LogP contribution in [0.2, 0.25) is 0 Å². The van der Waals surface area contributed by atoms with Crippen molar-refractivity contribution < 1.29 is 8.78 Å². The molecule has 0 amide bonds. The minimum atomic E-state index is -0.956. The molecule has 1 aromatic heterocycles. The smallest absolute Gasteiger partial charge is 0.222 e. The first-order valence-corrected chi connectivity index (χ1v) is 4.88. The number of nitrogens with zero attached hydrogens (tertiary/aromatic N) is 2. The maximum atomic E-state index is 13.4. The van der Waals surface area contributed by atoms with Gasteiger partial charge in [-0.1, -0.05) is 6.07 Å². The van der Waals surface area contributed by atoms with Crippen LogP contribution in [0.4, 0.5) is 26.2 Å². The molecule has 0 spiro atoms. The Morgan fingerprint density at radius 3 is 2.71 bits per heavy atom. The van der Waals surface area contributed by atoms with E-state index in [4.69, 9.17) is 5.73 Å². The number of anilines is 3. The van der Waals surface area contributed by atoms with Gasteiger partial charge in [0.1, 0.15) is 5.82 Å². The van der Waals surface area contributed by atoms with Crippen molar-refractivity contribution >= 4 is 17.5 Å². The number of aromatic nitrogens is 2. The van der Waals surface area contributed by atoms with E-state index in [1.807, 2.05) is 0 Å². The largest absolute Gasteiger partial charge is 0.368 e. The van der Waals surface area contributed by atoms with E-state index in [9.17, 15) is 8.78 Å². The topological polar surface area (TPSA) is 63.8 Å². The van der Waals surface area contributed by atoms with Crippen molar-refractivity contribution in [3.63, 3.8) is 0 Å². The van der Waals surface area contributed by atoms with Crippen molar-refractivity contribution in [2.24, 2.45) is 0 Å². The van der Waals surface area contributed by atoms with Crippen molar-refractivity contribution in [1.82, 2.24) is 9.97 Å². The maximum absolute atomic E-state index is 13.4. The van der Waals surface area contributed by atoms with Crippen LogP contribution in [0.3, 0.4) is 0 Å². The molecule has 0 atom stereocenters. The van der Waals surface area contributed by atoms with E-state index < -0.39 is 11.6 Å². The number of benzene rings is 1. The molecule has 2 rings (SSSR count). The molecule has 0 bridgehead atoms. The third-order valence-corrected chi connectivity index (χ3v) is 2.09. The van der Waals surface area contributed by atoms with Crippen molar-refractivity contribution in [2.75, 3.05) is 11.1 Å². The van der Waals surface area contributed by atoms with E-state index in [1.54, 1.807) is 13.0 Å². The Labute approximate surface area is 96.5 Å². The molecule has 88 valence electrons. The second kappa shape index (κ2) is 4.32. The Balaban J connectivity index is 2.34. The zero-order valence-corrected chi connectivity index (χ0v) is 9.04. The summed E-state index contributed by atoms with van der Waals surface area (Å²) in [6.07, 6.45) is 0. The molecule has 0 aliphatic carbocycles. The van der Waals surface area contributed by atoms with Crippen LogP contribution in [0.25, 0.3) is 0 Å². The van der Waals surface area contributed by atoms with E-state index in [0.717, 1.165) is 6.07 Å². The number of rotatable bonds is 2. The lowest BCUT2D eigenvalue weighted by Gasteiger charge is -2.08. The number of hydrogen-bond donors (Lipinski definition) is 2. The van der Waals surface area contributed by atoms with E-state index in [-0.39, 0.29) is 11.6 Å². The van der Waals surface area contributed by atoms with Gasteiger partial charge in [-0.25, -0.2) is 13.8 Å². The predicted octanol–water partition coefficient (Wildman–Crippen LogP) is 2.39. The van der Waals surface area contributed by atoms with Gasteiger partial charge in [-0.05, 0) is 19.1 Å². The van der Waals surface area contributed by atoms with Crippen molar-refractivity contribution in [1.29, 1.82) is 0 Å². The molecule has 17 heavy (non-hydrogen) atoms. The molecule has 0 unspecified atom stereocenters. The number of aryl methyl sites for hydroxylation is 1. The zero-order valence-electron chi connectivity index (χ0n) is 9.04. The van der Waals surface area contributed by atoms with Crippen LogP contribution in [-0.2, 0) is 0 Å². The lowest BCUT2D eigenvalue weighted by Crippen LogP contribution is -2.03. The van der Waals surface area contributed by atoms with Gasteiger partial charge in [0, 0.05) is 11.8 Å². The lowest BCUT2D eigenvalue weighted by atomic mass is 10.3. The van der Waals surface area contributed by atoms with Crippen molar-refractivity contribution in [3.05, 3.63) is 41.6 Å². The SMILES string of the molecule is Cc1cc(Nc2cccc(F)c2F)nc(N)n1. The molecule has 0 saturated heterocycles. The Hall–Kier alpha value is -2.24. The highest BCUT2D eigenvalue weighted by atomic mass is 19.2. The molecular formula is C11H10F2N4. The molecule has 3 N–H and O–H groups in total. The van der Waals surface area contributed by atoms with Gasteiger partial charge in [0.05, 0.1) is 5.69 Å². The quantitative estimate of drug-likeness (QED) is 0.840. The summed E-state index contributed by atoms with van der Waals surface area (Å²) < 4.78 is 26.3. The Kier molecular flexibility index (Phi) is 2.86. The second-order valence-corrected chi connectivity index (χ2v) is 3.48. The van der Waals surface area contributed by atoms with Gasteiger partial charge in [-0.3, -0.25) is 0 Å². The van der Waals surface area contributed by atoms with Crippen LogP contribution in [-0.4, -0.2) is 9.97 Å². The maximum Gasteiger partial charge on any atom is 0.222 e. The third kappa shape index (κ3) is 2.47. The summed E-state index contributed by atoms with van der Waals surface area (Å²) in [5, 5.41) is 2.65. The third-order valence-electron chi connectivity index (χ3n) is 2.09. The molecule has 0 saturated carbocycles. The van der Waals surface area contributed by atoms with Crippen LogP contribution < -0.4 is 11.1 Å². The summed E-state index contributed by atoms with van der Waals surface area (Å²) in [7, 11) is 0. The number of nitrogens with two attached hydrogens (primary N) is 1. The molecule has 0 fully saturated rings. The fraction of sp³-hybridized carbons (Fsp3) is 0.0909. The first-order chi connectivity index (χ1) is 8.06. The van der Waals surface area contributed by atoms with Gasteiger partial charge in [-0.2, -0.15) is 4.98 Å². The standard InChI is InChI=1S/C11H10F2N4/c1-6-5-9(17-11(14)15-6)16-8-4-2-3-7(12)10(8)13/h2-5H,1H3,(H3,14,15,16,17).